The maximum Gasteiger partial charge on any atom is 0.262 e. The third-order valence-electron chi connectivity index (χ3n) is 6.92. The normalized spacial score (nSPS) is 11.4. The molecule has 36 heavy (non-hydrogen) atoms. The topological polar surface area (TPSA) is 26.9 Å². The minimum absolute atomic E-state index is 0.0250. The Kier molecular flexibility index (Phi) is 4.61. The van der Waals surface area contributed by atoms with Gasteiger partial charge in [-0.05, 0) is 48.0 Å². The van der Waals surface area contributed by atoms with Gasteiger partial charge in [-0.1, -0.05) is 91.0 Å². The third-order valence-corrected chi connectivity index (χ3v) is 6.92. The van der Waals surface area contributed by atoms with Crippen LogP contribution in [0.2, 0.25) is 0 Å². The van der Waals surface area contributed by atoms with Crippen molar-refractivity contribution in [1.29, 1.82) is 0 Å². The zero-order valence-electron chi connectivity index (χ0n) is 19.5. The van der Waals surface area contributed by atoms with E-state index in [1.54, 1.807) is 0 Å². The van der Waals surface area contributed by atoms with Crippen molar-refractivity contribution in [3.63, 3.8) is 0 Å². The first-order valence-electron chi connectivity index (χ1n) is 12.1. The van der Waals surface area contributed by atoms with Gasteiger partial charge in [0, 0.05) is 27.4 Å². The number of fused-ring (bicyclic) bond motifs is 5. The van der Waals surface area contributed by atoms with Crippen LogP contribution >= 0.6 is 0 Å². The van der Waals surface area contributed by atoms with Crippen molar-refractivity contribution in [3.8, 4) is 16.9 Å². The molecule has 0 aliphatic carbocycles. The van der Waals surface area contributed by atoms with Gasteiger partial charge in [0.15, 0.2) is 0 Å². The summed E-state index contributed by atoms with van der Waals surface area (Å²) < 4.78 is 4.19. The molecule has 170 valence electrons. The summed E-state index contributed by atoms with van der Waals surface area (Å²) in [7, 11) is 0. The van der Waals surface area contributed by atoms with Crippen LogP contribution in [0.1, 0.15) is 10.4 Å². The minimum Gasteiger partial charge on any atom is -0.309 e. The summed E-state index contributed by atoms with van der Waals surface area (Å²) in [5.41, 5.74) is 6.90. The fraction of sp³-hybridized carbons (Fsp3) is 0. The maximum atomic E-state index is 14.0. The van der Waals surface area contributed by atoms with E-state index in [0.29, 0.717) is 5.56 Å². The lowest BCUT2D eigenvalue weighted by Crippen LogP contribution is -2.11. The van der Waals surface area contributed by atoms with E-state index in [1.807, 2.05) is 65.2 Å². The second kappa shape index (κ2) is 8.10. The van der Waals surface area contributed by atoms with Gasteiger partial charge < -0.3 is 4.57 Å². The van der Waals surface area contributed by atoms with Crippen LogP contribution in [-0.2, 0) is 0 Å². The fourth-order valence-corrected chi connectivity index (χ4v) is 5.34. The SMILES string of the molecule is O=C(c1ccccc1)n1c2ccccc2c2ccc3c(cc(-c4ccccc4)n3-c3ccccc3)c21. The quantitative estimate of drug-likeness (QED) is 0.261. The number of hydrogen-bond acceptors (Lipinski definition) is 1. The van der Waals surface area contributed by atoms with Crippen molar-refractivity contribution in [2.45, 2.75) is 0 Å². The monoisotopic (exact) mass is 462 g/mol. The number of carbonyl (C=O) groups excluding carboxylic acids is 1. The molecular formula is C33H22N2O. The van der Waals surface area contributed by atoms with Crippen molar-refractivity contribution >= 4 is 38.6 Å². The predicted molar refractivity (Wildman–Crippen MR) is 148 cm³/mol. The van der Waals surface area contributed by atoms with Gasteiger partial charge in [-0.2, -0.15) is 0 Å². The largest absolute Gasteiger partial charge is 0.309 e. The molecule has 0 unspecified atom stereocenters. The van der Waals surface area contributed by atoms with Gasteiger partial charge in [0.2, 0.25) is 0 Å². The Morgan fingerprint density at radius 1 is 0.528 bits per heavy atom. The van der Waals surface area contributed by atoms with Crippen molar-refractivity contribution < 1.29 is 4.79 Å². The molecule has 5 aromatic carbocycles. The minimum atomic E-state index is -0.0250. The summed E-state index contributed by atoms with van der Waals surface area (Å²) >= 11 is 0. The molecule has 0 N–H and O–H groups in total. The van der Waals surface area contributed by atoms with Crippen LogP contribution in [0, 0.1) is 0 Å². The summed E-state index contributed by atoms with van der Waals surface area (Å²) in [4.78, 5) is 14.0. The van der Waals surface area contributed by atoms with E-state index in [4.69, 9.17) is 0 Å². The van der Waals surface area contributed by atoms with Gasteiger partial charge >= 0.3 is 0 Å². The molecule has 0 aliphatic heterocycles. The molecule has 3 heteroatoms. The van der Waals surface area contributed by atoms with Gasteiger partial charge in [-0.25, -0.2) is 0 Å². The first-order chi connectivity index (χ1) is 17.8. The van der Waals surface area contributed by atoms with E-state index in [9.17, 15) is 4.79 Å². The lowest BCUT2D eigenvalue weighted by atomic mass is 10.1. The molecule has 0 aliphatic rings. The lowest BCUT2D eigenvalue weighted by Gasteiger charge is -2.11. The number of benzene rings is 5. The Hall–Kier alpha value is -4.89. The predicted octanol–water partition coefficient (Wildman–Crippen LogP) is 8.09. The Morgan fingerprint density at radius 2 is 1.17 bits per heavy atom. The van der Waals surface area contributed by atoms with E-state index in [2.05, 4.69) is 77.4 Å². The average molecular weight is 463 g/mol. The molecule has 0 atom stereocenters. The maximum absolute atomic E-state index is 14.0. The zero-order chi connectivity index (χ0) is 24.1. The second-order valence-electron chi connectivity index (χ2n) is 8.98. The third kappa shape index (κ3) is 3.03. The molecule has 0 radical (unpaired) electrons. The smallest absolute Gasteiger partial charge is 0.262 e. The standard InChI is InChI=1S/C33H22N2O/c36-33(24-14-6-2-7-15-24)35-29-19-11-10-18-26(29)27-20-21-30-28(32(27)35)22-31(23-12-4-1-5-13-23)34(30)25-16-8-3-9-17-25/h1-22H. The van der Waals surface area contributed by atoms with Crippen molar-refractivity contribution in [3.05, 3.63) is 139 Å². The molecule has 2 aromatic heterocycles. The van der Waals surface area contributed by atoms with Crippen LogP contribution in [0.5, 0.6) is 0 Å². The number of para-hydroxylation sites is 2. The number of rotatable bonds is 3. The van der Waals surface area contributed by atoms with Gasteiger partial charge in [0.05, 0.1) is 22.2 Å². The molecule has 7 aromatic rings. The summed E-state index contributed by atoms with van der Waals surface area (Å²) in [6.45, 7) is 0. The highest BCUT2D eigenvalue weighted by Crippen LogP contribution is 2.39. The van der Waals surface area contributed by atoms with E-state index in [-0.39, 0.29) is 5.91 Å². The molecule has 2 heterocycles. The van der Waals surface area contributed by atoms with E-state index in [1.165, 1.54) is 0 Å². The van der Waals surface area contributed by atoms with Gasteiger partial charge in [-0.3, -0.25) is 9.36 Å². The first kappa shape index (κ1) is 20.5. The number of aromatic nitrogens is 2. The lowest BCUT2D eigenvalue weighted by molar-refractivity contribution is 0.0969. The van der Waals surface area contributed by atoms with E-state index < -0.39 is 0 Å². The fourth-order valence-electron chi connectivity index (χ4n) is 5.34. The van der Waals surface area contributed by atoms with Crippen LogP contribution in [0.25, 0.3) is 49.7 Å². The Morgan fingerprint density at radius 3 is 1.92 bits per heavy atom. The van der Waals surface area contributed by atoms with Crippen LogP contribution in [-0.4, -0.2) is 15.0 Å². The Bertz CT molecular complexity index is 1880. The molecular weight excluding hydrogens is 440 g/mol. The van der Waals surface area contributed by atoms with Gasteiger partial charge in [0.1, 0.15) is 0 Å². The molecule has 3 nitrogen and oxygen atoms in total. The van der Waals surface area contributed by atoms with Crippen molar-refractivity contribution in [2.75, 3.05) is 0 Å². The summed E-state index contributed by atoms with van der Waals surface area (Å²) in [6.07, 6.45) is 0. The molecule has 7 rings (SSSR count). The number of nitrogens with zero attached hydrogens (tertiary/aromatic N) is 2. The molecule has 0 amide bonds. The van der Waals surface area contributed by atoms with Crippen molar-refractivity contribution in [1.82, 2.24) is 9.13 Å². The highest BCUT2D eigenvalue weighted by molar-refractivity contribution is 6.23. The molecule has 0 saturated carbocycles. The van der Waals surface area contributed by atoms with Gasteiger partial charge in [-0.15, -0.1) is 0 Å². The number of carbonyl (C=O) groups is 1. The first-order valence-corrected chi connectivity index (χ1v) is 12.1. The molecule has 0 fully saturated rings. The highest BCUT2D eigenvalue weighted by Gasteiger charge is 2.22. The Labute approximate surface area is 208 Å². The van der Waals surface area contributed by atoms with Crippen LogP contribution in [0.15, 0.2) is 133 Å². The summed E-state index contributed by atoms with van der Waals surface area (Å²) in [5, 5.41) is 3.20. The van der Waals surface area contributed by atoms with Crippen LogP contribution < -0.4 is 0 Å². The molecule has 0 bridgehead atoms. The van der Waals surface area contributed by atoms with E-state index in [0.717, 1.165) is 49.7 Å². The zero-order valence-corrected chi connectivity index (χ0v) is 19.5. The highest BCUT2D eigenvalue weighted by atomic mass is 16.2. The second-order valence-corrected chi connectivity index (χ2v) is 8.98. The van der Waals surface area contributed by atoms with Crippen LogP contribution in [0.3, 0.4) is 0 Å². The average Bonchev–Trinajstić information content (AvgIpc) is 3.50. The molecule has 0 saturated heterocycles. The number of hydrogen-bond donors (Lipinski definition) is 0. The molecule has 0 spiro atoms. The summed E-state index contributed by atoms with van der Waals surface area (Å²) in [5.74, 6) is -0.0250. The Balaban J connectivity index is 1.65. The van der Waals surface area contributed by atoms with Crippen LogP contribution in [0.4, 0.5) is 0 Å². The van der Waals surface area contributed by atoms with Gasteiger partial charge in [0.25, 0.3) is 5.91 Å². The van der Waals surface area contributed by atoms with E-state index >= 15 is 0 Å². The summed E-state index contributed by atoms with van der Waals surface area (Å²) in [6, 6.07) is 45.1. The van der Waals surface area contributed by atoms with Crippen molar-refractivity contribution in [2.24, 2.45) is 0 Å².